The van der Waals surface area contributed by atoms with Gasteiger partial charge in [-0.25, -0.2) is 0 Å². The van der Waals surface area contributed by atoms with E-state index in [2.05, 4.69) is 20.9 Å². The molecule has 2 amide bonds. The number of piperazine rings is 1. The van der Waals surface area contributed by atoms with Crippen molar-refractivity contribution in [2.45, 2.75) is 18.9 Å². The van der Waals surface area contributed by atoms with E-state index in [1.807, 2.05) is 48.5 Å². The maximum Gasteiger partial charge on any atom is 0.251 e. The van der Waals surface area contributed by atoms with Crippen LogP contribution in [0.2, 0.25) is 0 Å². The molecule has 1 atom stereocenters. The molecule has 7 heteroatoms. The molecule has 3 rings (SSSR count). The van der Waals surface area contributed by atoms with Gasteiger partial charge in [-0.1, -0.05) is 48.5 Å². The van der Waals surface area contributed by atoms with E-state index >= 15 is 0 Å². The van der Waals surface area contributed by atoms with Gasteiger partial charge in [-0.2, -0.15) is 0 Å². The standard InChI is InChI=1S/C23H30N4O2.ClH/c28-22(20-10-5-2-6-11-20)26-21(18-19-8-3-1-4-9-19)23(29)25-12-7-15-27-16-13-24-14-17-27;/h1-6,8-11,21,24H,7,12-18H2,(H,25,29)(H,26,28);1H. The van der Waals surface area contributed by atoms with Gasteiger partial charge in [0.15, 0.2) is 0 Å². The number of halogens is 1. The molecule has 1 fully saturated rings. The molecule has 1 unspecified atom stereocenters. The van der Waals surface area contributed by atoms with Gasteiger partial charge < -0.3 is 20.9 Å². The Hall–Kier alpha value is -2.41. The maximum atomic E-state index is 12.8. The van der Waals surface area contributed by atoms with Crippen molar-refractivity contribution < 1.29 is 9.59 Å². The molecule has 1 aliphatic rings. The highest BCUT2D eigenvalue weighted by atomic mass is 35.5. The lowest BCUT2D eigenvalue weighted by Crippen LogP contribution is -2.49. The van der Waals surface area contributed by atoms with Crippen LogP contribution in [0.5, 0.6) is 0 Å². The number of nitrogens with one attached hydrogen (secondary N) is 3. The summed E-state index contributed by atoms with van der Waals surface area (Å²) in [5.74, 6) is -0.374. The molecular weight excluding hydrogens is 400 g/mol. The van der Waals surface area contributed by atoms with E-state index in [-0.39, 0.29) is 24.2 Å². The molecule has 162 valence electrons. The van der Waals surface area contributed by atoms with Crippen LogP contribution in [-0.2, 0) is 11.2 Å². The third-order valence-electron chi connectivity index (χ3n) is 5.10. The number of nitrogens with zero attached hydrogens (tertiary/aromatic N) is 1. The summed E-state index contributed by atoms with van der Waals surface area (Å²) in [4.78, 5) is 27.8. The summed E-state index contributed by atoms with van der Waals surface area (Å²) in [6, 6.07) is 18.2. The Morgan fingerprint density at radius 1 is 0.967 bits per heavy atom. The zero-order chi connectivity index (χ0) is 20.3. The summed E-state index contributed by atoms with van der Waals surface area (Å²) in [6.45, 7) is 5.74. The Bertz CT molecular complexity index is 767. The molecule has 1 saturated heterocycles. The van der Waals surface area contributed by atoms with Crippen LogP contribution in [0.15, 0.2) is 60.7 Å². The molecule has 6 nitrogen and oxygen atoms in total. The van der Waals surface area contributed by atoms with E-state index in [9.17, 15) is 9.59 Å². The largest absolute Gasteiger partial charge is 0.354 e. The van der Waals surface area contributed by atoms with Gasteiger partial charge in [0.05, 0.1) is 0 Å². The fourth-order valence-electron chi connectivity index (χ4n) is 3.46. The van der Waals surface area contributed by atoms with E-state index < -0.39 is 6.04 Å². The molecule has 3 N–H and O–H groups in total. The zero-order valence-electron chi connectivity index (χ0n) is 17.2. The monoisotopic (exact) mass is 430 g/mol. The van der Waals surface area contributed by atoms with Gasteiger partial charge in [-0.15, -0.1) is 12.4 Å². The summed E-state index contributed by atoms with van der Waals surface area (Å²) < 4.78 is 0. The summed E-state index contributed by atoms with van der Waals surface area (Å²) in [5, 5.41) is 9.25. The first kappa shape index (κ1) is 23.9. The van der Waals surface area contributed by atoms with Crippen LogP contribution in [0, 0.1) is 0 Å². The van der Waals surface area contributed by atoms with Gasteiger partial charge in [0.2, 0.25) is 5.91 Å². The molecule has 0 bridgehead atoms. The van der Waals surface area contributed by atoms with E-state index in [0.29, 0.717) is 18.5 Å². The van der Waals surface area contributed by atoms with Crippen LogP contribution in [0.4, 0.5) is 0 Å². The molecule has 2 aromatic rings. The van der Waals surface area contributed by atoms with Crippen molar-refractivity contribution in [1.82, 2.24) is 20.9 Å². The predicted octanol–water partition coefficient (Wildman–Crippen LogP) is 1.86. The van der Waals surface area contributed by atoms with Crippen molar-refractivity contribution in [2.75, 3.05) is 39.3 Å². The average molecular weight is 431 g/mol. The first-order valence-corrected chi connectivity index (χ1v) is 10.3. The van der Waals surface area contributed by atoms with Gasteiger partial charge in [0, 0.05) is 44.7 Å². The first-order valence-electron chi connectivity index (χ1n) is 10.3. The minimum atomic E-state index is -0.607. The van der Waals surface area contributed by atoms with Gasteiger partial charge in [0.1, 0.15) is 6.04 Å². The van der Waals surface area contributed by atoms with Crippen molar-refractivity contribution >= 4 is 24.2 Å². The molecule has 30 heavy (non-hydrogen) atoms. The van der Waals surface area contributed by atoms with Gasteiger partial charge in [-0.3, -0.25) is 9.59 Å². The number of benzene rings is 2. The molecule has 0 saturated carbocycles. The highest BCUT2D eigenvalue weighted by Gasteiger charge is 2.21. The second kappa shape index (κ2) is 13.0. The minimum Gasteiger partial charge on any atom is -0.354 e. The molecule has 1 heterocycles. The fourth-order valence-corrected chi connectivity index (χ4v) is 3.46. The number of amides is 2. The predicted molar refractivity (Wildman–Crippen MR) is 122 cm³/mol. The molecule has 0 spiro atoms. The van der Waals surface area contributed by atoms with Crippen LogP contribution in [0.3, 0.4) is 0 Å². The van der Waals surface area contributed by atoms with Crippen molar-refractivity contribution in [3.63, 3.8) is 0 Å². The highest BCUT2D eigenvalue weighted by Crippen LogP contribution is 2.06. The summed E-state index contributed by atoms with van der Waals surface area (Å²) >= 11 is 0. The normalized spacial score (nSPS) is 14.9. The fraction of sp³-hybridized carbons (Fsp3) is 0.391. The quantitative estimate of drug-likeness (QED) is 0.531. The van der Waals surface area contributed by atoms with Crippen molar-refractivity contribution in [3.8, 4) is 0 Å². The lowest BCUT2D eigenvalue weighted by atomic mass is 10.0. The molecule has 1 aliphatic heterocycles. The summed E-state index contributed by atoms with van der Waals surface area (Å²) in [6.07, 6.45) is 1.36. The Labute approximate surface area is 184 Å². The van der Waals surface area contributed by atoms with Crippen LogP contribution >= 0.6 is 12.4 Å². The molecule has 2 aromatic carbocycles. The van der Waals surface area contributed by atoms with Crippen molar-refractivity contribution in [2.24, 2.45) is 0 Å². The highest BCUT2D eigenvalue weighted by molar-refractivity contribution is 5.97. The molecule has 0 radical (unpaired) electrons. The Balaban J connectivity index is 0.00000320. The Morgan fingerprint density at radius 2 is 1.60 bits per heavy atom. The maximum absolute atomic E-state index is 12.8. The molecular formula is C23H31ClN4O2. The van der Waals surface area contributed by atoms with Crippen LogP contribution in [0.1, 0.15) is 22.3 Å². The SMILES string of the molecule is Cl.O=C(NC(Cc1ccccc1)C(=O)NCCCN1CCNCC1)c1ccccc1. The third-order valence-corrected chi connectivity index (χ3v) is 5.10. The van der Waals surface area contributed by atoms with Crippen molar-refractivity contribution in [1.29, 1.82) is 0 Å². The summed E-state index contributed by atoms with van der Waals surface area (Å²) in [5.41, 5.74) is 1.57. The van der Waals surface area contributed by atoms with E-state index in [4.69, 9.17) is 0 Å². The molecule has 0 aliphatic carbocycles. The summed E-state index contributed by atoms with van der Waals surface area (Å²) in [7, 11) is 0. The van der Waals surface area contributed by atoms with Gasteiger partial charge in [-0.05, 0) is 30.7 Å². The Kier molecular flexibility index (Phi) is 10.3. The zero-order valence-corrected chi connectivity index (χ0v) is 18.0. The third kappa shape index (κ3) is 7.78. The van der Waals surface area contributed by atoms with Crippen LogP contribution in [0.25, 0.3) is 0 Å². The average Bonchev–Trinajstić information content (AvgIpc) is 2.78. The van der Waals surface area contributed by atoms with E-state index in [0.717, 1.165) is 44.7 Å². The minimum absolute atomic E-state index is 0. The number of hydrogen-bond donors (Lipinski definition) is 3. The first-order chi connectivity index (χ1) is 14.2. The molecule has 0 aromatic heterocycles. The topological polar surface area (TPSA) is 73.5 Å². The van der Waals surface area contributed by atoms with Gasteiger partial charge >= 0.3 is 0 Å². The van der Waals surface area contributed by atoms with Gasteiger partial charge in [0.25, 0.3) is 5.91 Å². The van der Waals surface area contributed by atoms with Crippen LogP contribution in [-0.4, -0.2) is 62.0 Å². The number of hydrogen-bond acceptors (Lipinski definition) is 4. The number of carbonyl (C=O) groups excluding carboxylic acids is 2. The van der Waals surface area contributed by atoms with Crippen molar-refractivity contribution in [3.05, 3.63) is 71.8 Å². The Morgan fingerprint density at radius 3 is 2.27 bits per heavy atom. The number of carbonyl (C=O) groups is 2. The van der Waals surface area contributed by atoms with E-state index in [1.54, 1.807) is 12.1 Å². The van der Waals surface area contributed by atoms with E-state index in [1.165, 1.54) is 0 Å². The lowest BCUT2D eigenvalue weighted by Gasteiger charge is -2.27. The number of rotatable bonds is 9. The second-order valence-corrected chi connectivity index (χ2v) is 7.32. The smallest absolute Gasteiger partial charge is 0.251 e. The van der Waals surface area contributed by atoms with Crippen LogP contribution < -0.4 is 16.0 Å². The second-order valence-electron chi connectivity index (χ2n) is 7.32. The lowest BCUT2D eigenvalue weighted by molar-refractivity contribution is -0.122.